The summed E-state index contributed by atoms with van der Waals surface area (Å²) < 4.78 is 12.7. The van der Waals surface area contributed by atoms with Crippen molar-refractivity contribution >= 4 is 11.7 Å². The van der Waals surface area contributed by atoms with E-state index in [0.717, 1.165) is 5.69 Å². The minimum Gasteiger partial charge on any atom is -0.461 e. The van der Waals surface area contributed by atoms with Crippen LogP contribution in [-0.2, 0) is 4.74 Å². The lowest BCUT2D eigenvalue weighted by Crippen LogP contribution is -2.08. The fourth-order valence-corrected chi connectivity index (χ4v) is 2.45. The molecule has 0 atom stereocenters. The zero-order valence-corrected chi connectivity index (χ0v) is 14.1. The number of anilines is 1. The van der Waals surface area contributed by atoms with Crippen molar-refractivity contribution in [1.29, 1.82) is 0 Å². The summed E-state index contributed by atoms with van der Waals surface area (Å²) >= 11 is 0. The molecule has 0 amide bonds. The highest BCUT2D eigenvalue weighted by Gasteiger charge is 2.17. The first-order chi connectivity index (χ1) is 12.1. The van der Waals surface area contributed by atoms with Crippen LogP contribution in [0.2, 0.25) is 0 Å². The molecule has 3 rings (SSSR count). The average molecular weight is 337 g/mol. The van der Waals surface area contributed by atoms with Crippen LogP contribution in [0.5, 0.6) is 11.5 Å². The molecule has 0 aliphatic carbocycles. The van der Waals surface area contributed by atoms with Crippen molar-refractivity contribution in [1.82, 2.24) is 9.55 Å². The highest BCUT2D eigenvalue weighted by molar-refractivity contribution is 5.88. The fourth-order valence-electron chi connectivity index (χ4n) is 2.45. The van der Waals surface area contributed by atoms with Gasteiger partial charge < -0.3 is 19.8 Å². The Labute approximate surface area is 145 Å². The summed E-state index contributed by atoms with van der Waals surface area (Å²) in [6.07, 6.45) is 1.58. The number of aromatic nitrogens is 2. The van der Waals surface area contributed by atoms with Crippen molar-refractivity contribution in [2.75, 3.05) is 12.3 Å². The Morgan fingerprint density at radius 3 is 2.68 bits per heavy atom. The molecule has 0 fully saturated rings. The molecule has 25 heavy (non-hydrogen) atoms. The van der Waals surface area contributed by atoms with Crippen LogP contribution in [0.3, 0.4) is 0 Å². The molecular weight excluding hydrogens is 318 g/mol. The maximum atomic E-state index is 11.9. The maximum Gasteiger partial charge on any atom is 0.358 e. The minimum atomic E-state index is -0.435. The van der Waals surface area contributed by atoms with Crippen LogP contribution in [0.25, 0.3) is 5.69 Å². The number of para-hydroxylation sites is 1. The molecule has 0 spiro atoms. The molecule has 128 valence electrons. The molecule has 0 bridgehead atoms. The molecule has 2 N–H and O–H groups in total. The van der Waals surface area contributed by atoms with Gasteiger partial charge in [0.1, 0.15) is 12.1 Å². The van der Waals surface area contributed by atoms with E-state index in [1.54, 1.807) is 23.9 Å². The van der Waals surface area contributed by atoms with E-state index in [1.807, 2.05) is 49.4 Å². The molecule has 6 nitrogen and oxygen atoms in total. The third-order valence-electron chi connectivity index (χ3n) is 3.72. The molecule has 6 heteroatoms. The Morgan fingerprint density at radius 1 is 1.20 bits per heavy atom. The Bertz CT molecular complexity index is 888. The molecule has 0 unspecified atom stereocenters. The maximum absolute atomic E-state index is 11.9. The Hall–Kier alpha value is -3.28. The number of nitrogens with two attached hydrogens (primary N) is 1. The molecule has 0 aliphatic rings. The fraction of sp³-hybridized carbons (Fsp3) is 0.158. The Morgan fingerprint density at radius 2 is 1.96 bits per heavy atom. The molecule has 2 aromatic carbocycles. The van der Waals surface area contributed by atoms with E-state index in [2.05, 4.69) is 4.98 Å². The van der Waals surface area contributed by atoms with E-state index < -0.39 is 5.97 Å². The van der Waals surface area contributed by atoms with Gasteiger partial charge in [-0.15, -0.1) is 0 Å². The van der Waals surface area contributed by atoms with Crippen LogP contribution in [0.15, 0.2) is 54.9 Å². The van der Waals surface area contributed by atoms with E-state index in [9.17, 15) is 4.79 Å². The van der Waals surface area contributed by atoms with Crippen molar-refractivity contribution in [2.45, 2.75) is 13.8 Å². The normalized spacial score (nSPS) is 10.5. The molecule has 0 aliphatic heterocycles. The number of hydrogen-bond donors (Lipinski definition) is 1. The Balaban J connectivity index is 1.94. The molecule has 0 saturated heterocycles. The third kappa shape index (κ3) is 3.47. The second-order valence-electron chi connectivity index (χ2n) is 5.41. The zero-order chi connectivity index (χ0) is 17.8. The second-order valence-corrected chi connectivity index (χ2v) is 5.41. The molecule has 3 aromatic rings. The topological polar surface area (TPSA) is 79.4 Å². The molecule has 0 saturated carbocycles. The highest BCUT2D eigenvalue weighted by atomic mass is 16.5. The second kappa shape index (κ2) is 7.09. The predicted molar refractivity (Wildman–Crippen MR) is 95.2 cm³/mol. The summed E-state index contributed by atoms with van der Waals surface area (Å²) in [7, 11) is 0. The van der Waals surface area contributed by atoms with Crippen LogP contribution in [-0.4, -0.2) is 22.1 Å². The van der Waals surface area contributed by atoms with Gasteiger partial charge in [-0.2, -0.15) is 0 Å². The summed E-state index contributed by atoms with van der Waals surface area (Å²) in [6.45, 7) is 3.88. The molecule has 0 radical (unpaired) electrons. The Kier molecular flexibility index (Phi) is 4.70. The lowest BCUT2D eigenvalue weighted by atomic mass is 10.2. The van der Waals surface area contributed by atoms with E-state index in [-0.39, 0.29) is 0 Å². The smallest absolute Gasteiger partial charge is 0.358 e. The van der Waals surface area contributed by atoms with Crippen LogP contribution in [0, 0.1) is 6.92 Å². The lowest BCUT2D eigenvalue weighted by Gasteiger charge is -2.12. The van der Waals surface area contributed by atoms with Crippen molar-refractivity contribution in [3.8, 4) is 17.2 Å². The summed E-state index contributed by atoms with van der Waals surface area (Å²) in [5.41, 5.74) is 8.32. The van der Waals surface area contributed by atoms with Gasteiger partial charge >= 0.3 is 5.97 Å². The number of ether oxygens (including phenoxy) is 2. The van der Waals surface area contributed by atoms with Crippen molar-refractivity contribution in [2.24, 2.45) is 0 Å². The van der Waals surface area contributed by atoms with Gasteiger partial charge in [0.15, 0.2) is 11.4 Å². The average Bonchev–Trinajstić information content (AvgIpc) is 3.00. The van der Waals surface area contributed by atoms with Gasteiger partial charge in [0, 0.05) is 6.07 Å². The quantitative estimate of drug-likeness (QED) is 0.567. The van der Waals surface area contributed by atoms with E-state index in [1.165, 1.54) is 0 Å². The van der Waals surface area contributed by atoms with Crippen molar-refractivity contribution in [3.05, 3.63) is 66.2 Å². The van der Waals surface area contributed by atoms with Crippen LogP contribution in [0.4, 0.5) is 5.69 Å². The largest absolute Gasteiger partial charge is 0.461 e. The first kappa shape index (κ1) is 16.6. The summed E-state index contributed by atoms with van der Waals surface area (Å²) in [5.74, 6) is 0.797. The predicted octanol–water partition coefficient (Wildman–Crippen LogP) is 3.73. The SMILES string of the molecule is CCOC(=O)c1ncn(-c2ccc(N)c(Oc3ccccc3)c2)c1C. The van der Waals surface area contributed by atoms with Gasteiger partial charge in [-0.1, -0.05) is 18.2 Å². The van der Waals surface area contributed by atoms with Crippen LogP contribution in [0.1, 0.15) is 23.1 Å². The number of nitrogens with zero attached hydrogens (tertiary/aromatic N) is 2. The van der Waals surface area contributed by atoms with Gasteiger partial charge in [0.25, 0.3) is 0 Å². The summed E-state index contributed by atoms with van der Waals surface area (Å²) in [5, 5.41) is 0. The first-order valence-corrected chi connectivity index (χ1v) is 7.94. The summed E-state index contributed by atoms with van der Waals surface area (Å²) in [4.78, 5) is 16.1. The molecule has 1 heterocycles. The minimum absolute atomic E-state index is 0.296. The monoisotopic (exact) mass is 337 g/mol. The van der Waals surface area contributed by atoms with Crippen LogP contribution < -0.4 is 10.5 Å². The van der Waals surface area contributed by atoms with Crippen LogP contribution >= 0.6 is 0 Å². The van der Waals surface area contributed by atoms with Crippen molar-refractivity contribution < 1.29 is 14.3 Å². The van der Waals surface area contributed by atoms with Gasteiger partial charge in [-0.3, -0.25) is 0 Å². The number of esters is 1. The van der Waals surface area contributed by atoms with Gasteiger partial charge in [-0.25, -0.2) is 9.78 Å². The number of nitrogen functional groups attached to an aromatic ring is 1. The number of rotatable bonds is 5. The number of carbonyl (C=O) groups is 1. The number of benzene rings is 2. The van der Waals surface area contributed by atoms with Gasteiger partial charge in [0.05, 0.1) is 23.7 Å². The standard InChI is InChI=1S/C19H19N3O3/c1-3-24-19(23)18-13(2)22(12-21-18)14-9-10-16(20)17(11-14)25-15-7-5-4-6-8-15/h4-12H,3,20H2,1-2H3. The van der Waals surface area contributed by atoms with E-state index >= 15 is 0 Å². The molecular formula is C19H19N3O3. The van der Waals surface area contributed by atoms with E-state index in [4.69, 9.17) is 15.2 Å². The molecule has 1 aromatic heterocycles. The zero-order valence-electron chi connectivity index (χ0n) is 14.1. The third-order valence-corrected chi connectivity index (χ3v) is 3.72. The number of carbonyl (C=O) groups excluding carboxylic acids is 1. The van der Waals surface area contributed by atoms with Gasteiger partial charge in [0.2, 0.25) is 0 Å². The van der Waals surface area contributed by atoms with Gasteiger partial charge in [-0.05, 0) is 38.1 Å². The number of imidazole rings is 1. The summed E-state index contributed by atoms with van der Waals surface area (Å²) in [6, 6.07) is 14.8. The number of hydrogen-bond acceptors (Lipinski definition) is 5. The first-order valence-electron chi connectivity index (χ1n) is 7.94. The lowest BCUT2D eigenvalue weighted by molar-refractivity contribution is 0.0519. The van der Waals surface area contributed by atoms with E-state index in [0.29, 0.717) is 35.2 Å². The highest BCUT2D eigenvalue weighted by Crippen LogP contribution is 2.30. The van der Waals surface area contributed by atoms with Crippen molar-refractivity contribution in [3.63, 3.8) is 0 Å².